The lowest BCUT2D eigenvalue weighted by atomic mass is 10.1. The fourth-order valence-electron chi connectivity index (χ4n) is 1.05. The van der Waals surface area contributed by atoms with Crippen LogP contribution in [0.1, 0.15) is 33.1 Å². The van der Waals surface area contributed by atoms with Crippen LogP contribution in [0.2, 0.25) is 0 Å². The molecule has 0 aliphatic carbocycles. The highest BCUT2D eigenvalue weighted by atomic mass is 16.5. The van der Waals surface area contributed by atoms with Crippen LogP contribution < -0.4 is 0 Å². The van der Waals surface area contributed by atoms with Gasteiger partial charge in [0, 0.05) is 6.61 Å². The van der Waals surface area contributed by atoms with Crippen molar-refractivity contribution < 1.29 is 20.1 Å². The molecule has 0 fully saturated rings. The van der Waals surface area contributed by atoms with Crippen molar-refractivity contribution in [3.63, 3.8) is 0 Å². The van der Waals surface area contributed by atoms with E-state index < -0.39 is 18.3 Å². The first kappa shape index (κ1) is 13.8. The van der Waals surface area contributed by atoms with Crippen LogP contribution in [0, 0.1) is 0 Å². The lowest BCUT2D eigenvalue weighted by Gasteiger charge is -2.21. The zero-order valence-corrected chi connectivity index (χ0v) is 9.02. The molecule has 0 rings (SSSR count). The Morgan fingerprint density at radius 3 is 2.21 bits per heavy atom. The minimum atomic E-state index is -1.11. The summed E-state index contributed by atoms with van der Waals surface area (Å²) in [5.41, 5.74) is 0. The molecule has 3 atom stereocenters. The zero-order chi connectivity index (χ0) is 11.0. The predicted octanol–water partition coefficient (Wildman–Crippen LogP) is 0.296. The molecule has 0 aliphatic heterocycles. The maximum atomic E-state index is 9.38. The largest absolute Gasteiger partial charge is 0.390 e. The summed E-state index contributed by atoms with van der Waals surface area (Å²) in [7, 11) is 0. The van der Waals surface area contributed by atoms with E-state index >= 15 is 0 Å². The number of ether oxygens (including phenoxy) is 1. The van der Waals surface area contributed by atoms with Gasteiger partial charge in [-0.05, 0) is 12.8 Å². The highest BCUT2D eigenvalue weighted by molar-refractivity contribution is 4.73. The highest BCUT2D eigenvalue weighted by Crippen LogP contribution is 2.04. The second-order valence-corrected chi connectivity index (χ2v) is 3.46. The van der Waals surface area contributed by atoms with Crippen LogP contribution in [0.5, 0.6) is 0 Å². The van der Waals surface area contributed by atoms with Crippen molar-refractivity contribution in [2.75, 3.05) is 13.2 Å². The van der Waals surface area contributed by atoms with Crippen molar-refractivity contribution in [1.29, 1.82) is 0 Å². The molecular weight excluding hydrogens is 184 g/mol. The number of aliphatic hydroxyl groups is 3. The van der Waals surface area contributed by atoms with Gasteiger partial charge in [-0.25, -0.2) is 0 Å². The summed E-state index contributed by atoms with van der Waals surface area (Å²) >= 11 is 0. The molecule has 0 radical (unpaired) electrons. The van der Waals surface area contributed by atoms with E-state index in [9.17, 15) is 15.3 Å². The first-order valence-corrected chi connectivity index (χ1v) is 5.25. The maximum absolute atomic E-state index is 9.38. The Morgan fingerprint density at radius 1 is 1.07 bits per heavy atom. The Morgan fingerprint density at radius 2 is 1.71 bits per heavy atom. The Bertz CT molecular complexity index is 129. The number of hydrogen-bond donors (Lipinski definition) is 3. The fourth-order valence-corrected chi connectivity index (χ4v) is 1.05. The van der Waals surface area contributed by atoms with Crippen LogP contribution in [-0.2, 0) is 4.74 Å². The summed E-state index contributed by atoms with van der Waals surface area (Å²) in [6.45, 7) is 4.47. The summed E-state index contributed by atoms with van der Waals surface area (Å²) in [6.07, 6.45) is -0.578. The van der Waals surface area contributed by atoms with Crippen molar-refractivity contribution in [2.45, 2.75) is 51.4 Å². The molecule has 0 saturated heterocycles. The third-order valence-electron chi connectivity index (χ3n) is 2.14. The Kier molecular flexibility index (Phi) is 8.08. The average molecular weight is 206 g/mol. The van der Waals surface area contributed by atoms with E-state index in [0.29, 0.717) is 13.0 Å². The second-order valence-electron chi connectivity index (χ2n) is 3.46. The van der Waals surface area contributed by atoms with E-state index in [4.69, 9.17) is 4.74 Å². The van der Waals surface area contributed by atoms with E-state index in [0.717, 1.165) is 12.8 Å². The van der Waals surface area contributed by atoms with Crippen molar-refractivity contribution in [3.8, 4) is 0 Å². The SMILES string of the molecule is CCCCOCC(O)C(O)C(O)CC. The van der Waals surface area contributed by atoms with E-state index in [-0.39, 0.29) is 6.61 Å². The lowest BCUT2D eigenvalue weighted by Crippen LogP contribution is -2.39. The number of aliphatic hydroxyl groups excluding tert-OH is 3. The zero-order valence-electron chi connectivity index (χ0n) is 9.02. The first-order valence-electron chi connectivity index (χ1n) is 5.25. The third kappa shape index (κ3) is 5.54. The molecule has 4 nitrogen and oxygen atoms in total. The van der Waals surface area contributed by atoms with Crippen molar-refractivity contribution in [1.82, 2.24) is 0 Å². The molecule has 3 unspecified atom stereocenters. The minimum Gasteiger partial charge on any atom is -0.390 e. The van der Waals surface area contributed by atoms with Gasteiger partial charge in [0.1, 0.15) is 12.2 Å². The van der Waals surface area contributed by atoms with Crippen molar-refractivity contribution in [2.24, 2.45) is 0 Å². The topological polar surface area (TPSA) is 69.9 Å². The molecular formula is C10H22O4. The van der Waals surface area contributed by atoms with Crippen LogP contribution in [0.3, 0.4) is 0 Å². The molecule has 4 heteroatoms. The second kappa shape index (κ2) is 8.17. The van der Waals surface area contributed by atoms with Gasteiger partial charge in [0.2, 0.25) is 0 Å². The normalized spacial score (nSPS) is 17.8. The number of hydrogen-bond acceptors (Lipinski definition) is 4. The molecule has 0 aliphatic rings. The van der Waals surface area contributed by atoms with E-state index in [1.54, 1.807) is 6.92 Å². The van der Waals surface area contributed by atoms with Crippen LogP contribution in [0.25, 0.3) is 0 Å². The monoisotopic (exact) mass is 206 g/mol. The van der Waals surface area contributed by atoms with Gasteiger partial charge in [-0.15, -0.1) is 0 Å². The summed E-state index contributed by atoms with van der Waals surface area (Å²) in [5.74, 6) is 0. The molecule has 86 valence electrons. The van der Waals surface area contributed by atoms with E-state index in [1.807, 2.05) is 0 Å². The smallest absolute Gasteiger partial charge is 0.108 e. The molecule has 0 bridgehead atoms. The van der Waals surface area contributed by atoms with Gasteiger partial charge in [-0.3, -0.25) is 0 Å². The quantitative estimate of drug-likeness (QED) is 0.499. The van der Waals surface area contributed by atoms with Crippen LogP contribution in [0.15, 0.2) is 0 Å². The standard InChI is InChI=1S/C10H22O4/c1-3-5-6-14-7-9(12)10(13)8(11)4-2/h8-13H,3-7H2,1-2H3. The van der Waals surface area contributed by atoms with Crippen LogP contribution >= 0.6 is 0 Å². The molecule has 14 heavy (non-hydrogen) atoms. The molecule has 0 aromatic carbocycles. The molecule has 3 N–H and O–H groups in total. The first-order chi connectivity index (χ1) is 6.63. The molecule has 0 aromatic heterocycles. The fraction of sp³-hybridized carbons (Fsp3) is 1.00. The Hall–Kier alpha value is -0.160. The molecule has 0 heterocycles. The van der Waals surface area contributed by atoms with E-state index in [1.165, 1.54) is 0 Å². The van der Waals surface area contributed by atoms with Gasteiger partial charge < -0.3 is 20.1 Å². The van der Waals surface area contributed by atoms with Gasteiger partial charge in [-0.2, -0.15) is 0 Å². The minimum absolute atomic E-state index is 0.0816. The maximum Gasteiger partial charge on any atom is 0.108 e. The van der Waals surface area contributed by atoms with Gasteiger partial charge in [0.15, 0.2) is 0 Å². The summed E-state index contributed by atoms with van der Waals surface area (Å²) < 4.78 is 5.13. The Labute approximate surface area is 85.5 Å². The van der Waals surface area contributed by atoms with Crippen LogP contribution in [-0.4, -0.2) is 46.8 Å². The average Bonchev–Trinajstić information content (AvgIpc) is 2.21. The van der Waals surface area contributed by atoms with Gasteiger partial charge in [0.05, 0.1) is 12.7 Å². The Balaban J connectivity index is 3.56. The third-order valence-corrected chi connectivity index (χ3v) is 2.14. The molecule has 0 saturated carbocycles. The van der Waals surface area contributed by atoms with Gasteiger partial charge >= 0.3 is 0 Å². The lowest BCUT2D eigenvalue weighted by molar-refractivity contribution is -0.0885. The van der Waals surface area contributed by atoms with Gasteiger partial charge in [-0.1, -0.05) is 20.3 Å². The number of rotatable bonds is 8. The summed E-state index contributed by atoms with van der Waals surface area (Å²) in [4.78, 5) is 0. The van der Waals surface area contributed by atoms with Crippen molar-refractivity contribution in [3.05, 3.63) is 0 Å². The van der Waals surface area contributed by atoms with E-state index in [2.05, 4.69) is 6.92 Å². The van der Waals surface area contributed by atoms with Gasteiger partial charge in [0.25, 0.3) is 0 Å². The highest BCUT2D eigenvalue weighted by Gasteiger charge is 2.22. The van der Waals surface area contributed by atoms with Crippen molar-refractivity contribution >= 4 is 0 Å². The number of unbranched alkanes of at least 4 members (excludes halogenated alkanes) is 1. The summed E-state index contributed by atoms with van der Waals surface area (Å²) in [5, 5.41) is 28.0. The predicted molar refractivity (Wildman–Crippen MR) is 54.0 cm³/mol. The molecule has 0 spiro atoms. The molecule has 0 aromatic rings. The van der Waals surface area contributed by atoms with Crippen LogP contribution in [0.4, 0.5) is 0 Å². The summed E-state index contributed by atoms with van der Waals surface area (Å²) in [6, 6.07) is 0. The molecule has 0 amide bonds.